The lowest BCUT2D eigenvalue weighted by molar-refractivity contribution is -0.139. The molecule has 1 aliphatic carbocycles. The largest absolute Gasteiger partial charge is 0.481 e. The molecule has 92 valence electrons. The summed E-state index contributed by atoms with van der Waals surface area (Å²) in [7, 11) is 1.67. The molecule has 1 aromatic rings. The summed E-state index contributed by atoms with van der Waals surface area (Å²) in [6.45, 7) is 4.62. The predicted octanol–water partition coefficient (Wildman–Crippen LogP) is 2.66. The van der Waals surface area contributed by atoms with Gasteiger partial charge in [0.25, 0.3) is 0 Å². The fourth-order valence-electron chi connectivity index (χ4n) is 2.71. The van der Waals surface area contributed by atoms with Crippen LogP contribution in [0.2, 0.25) is 0 Å². The molecule has 0 aromatic heterocycles. The van der Waals surface area contributed by atoms with Gasteiger partial charge >= 0.3 is 5.97 Å². The van der Waals surface area contributed by atoms with Crippen LogP contribution in [-0.4, -0.2) is 18.2 Å². The topological polar surface area (TPSA) is 46.5 Å². The van der Waals surface area contributed by atoms with Crippen molar-refractivity contribution in [1.82, 2.24) is 0 Å². The molecular formula is C14H18O3. The number of carbonyl (C=O) groups is 1. The Kier molecular flexibility index (Phi) is 2.96. The molecule has 0 spiro atoms. The average Bonchev–Trinajstić information content (AvgIpc) is 2.83. The third-order valence-electron chi connectivity index (χ3n) is 3.74. The van der Waals surface area contributed by atoms with Gasteiger partial charge < -0.3 is 9.84 Å². The number of aliphatic carboxylic acids is 1. The Morgan fingerprint density at radius 3 is 2.35 bits per heavy atom. The van der Waals surface area contributed by atoms with Crippen molar-refractivity contribution >= 4 is 5.97 Å². The predicted molar refractivity (Wildman–Crippen MR) is 64.8 cm³/mol. The summed E-state index contributed by atoms with van der Waals surface area (Å²) in [6, 6.07) is 8.05. The summed E-state index contributed by atoms with van der Waals surface area (Å²) in [5.41, 5.74) is 2.10. The Balaban J connectivity index is 2.17. The van der Waals surface area contributed by atoms with E-state index < -0.39 is 5.97 Å². The van der Waals surface area contributed by atoms with Crippen LogP contribution < -0.4 is 0 Å². The highest BCUT2D eigenvalue weighted by molar-refractivity contribution is 5.77. The highest BCUT2D eigenvalue weighted by atomic mass is 16.5. The lowest BCUT2D eigenvalue weighted by atomic mass is 10.0. The van der Waals surface area contributed by atoms with E-state index in [1.54, 1.807) is 7.11 Å². The normalized spacial score (nSPS) is 25.6. The quantitative estimate of drug-likeness (QED) is 0.871. The van der Waals surface area contributed by atoms with Crippen molar-refractivity contribution in [2.45, 2.75) is 26.4 Å². The summed E-state index contributed by atoms with van der Waals surface area (Å²) in [5.74, 6) is -0.812. The minimum atomic E-state index is -0.694. The van der Waals surface area contributed by atoms with Gasteiger partial charge in [0.05, 0.1) is 12.5 Å². The van der Waals surface area contributed by atoms with Gasteiger partial charge in [0.15, 0.2) is 0 Å². The Bertz CT molecular complexity index is 420. The third-order valence-corrected chi connectivity index (χ3v) is 3.74. The first kappa shape index (κ1) is 12.1. The van der Waals surface area contributed by atoms with Crippen molar-refractivity contribution in [1.29, 1.82) is 0 Å². The molecule has 0 radical (unpaired) electrons. The number of hydrogen-bond donors (Lipinski definition) is 1. The zero-order valence-electron chi connectivity index (χ0n) is 10.4. The van der Waals surface area contributed by atoms with Gasteiger partial charge in [-0.25, -0.2) is 0 Å². The number of carboxylic acid groups (broad SMARTS) is 1. The van der Waals surface area contributed by atoms with Gasteiger partial charge in [-0.3, -0.25) is 4.79 Å². The second-order valence-electron chi connectivity index (χ2n) is 5.29. The second-order valence-corrected chi connectivity index (χ2v) is 5.29. The number of hydrogen-bond acceptors (Lipinski definition) is 2. The van der Waals surface area contributed by atoms with Crippen LogP contribution in [0.4, 0.5) is 0 Å². The molecule has 1 saturated carbocycles. The van der Waals surface area contributed by atoms with Gasteiger partial charge in [-0.05, 0) is 16.5 Å². The van der Waals surface area contributed by atoms with Crippen LogP contribution in [-0.2, 0) is 16.1 Å². The Hall–Kier alpha value is -1.35. The number of methoxy groups -OCH3 is 1. The number of benzene rings is 1. The van der Waals surface area contributed by atoms with E-state index in [0.717, 1.165) is 11.1 Å². The average molecular weight is 234 g/mol. The Morgan fingerprint density at radius 2 is 1.94 bits per heavy atom. The molecule has 0 unspecified atom stereocenters. The van der Waals surface area contributed by atoms with Crippen molar-refractivity contribution in [3.63, 3.8) is 0 Å². The molecule has 1 N–H and O–H groups in total. The fraction of sp³-hybridized carbons (Fsp3) is 0.500. The molecule has 2 atom stereocenters. The van der Waals surface area contributed by atoms with E-state index in [-0.39, 0.29) is 17.3 Å². The van der Waals surface area contributed by atoms with Crippen LogP contribution in [0.5, 0.6) is 0 Å². The first-order valence-corrected chi connectivity index (χ1v) is 5.79. The standard InChI is InChI=1S/C14H18O3/c1-14(2)11(12(14)13(15)16)10-6-4-9(5-7-10)8-17-3/h4-7,11-12H,8H2,1-3H3,(H,15,16)/t11-,12+/m0/s1. The van der Waals surface area contributed by atoms with E-state index in [2.05, 4.69) is 0 Å². The van der Waals surface area contributed by atoms with E-state index in [9.17, 15) is 4.79 Å². The van der Waals surface area contributed by atoms with Crippen molar-refractivity contribution in [3.05, 3.63) is 35.4 Å². The van der Waals surface area contributed by atoms with Gasteiger partial charge in [-0.2, -0.15) is 0 Å². The summed E-state index contributed by atoms with van der Waals surface area (Å²) in [6.07, 6.45) is 0. The Labute approximate surface area is 101 Å². The van der Waals surface area contributed by atoms with Gasteiger partial charge in [-0.1, -0.05) is 38.1 Å². The maximum atomic E-state index is 11.1. The van der Waals surface area contributed by atoms with E-state index in [4.69, 9.17) is 9.84 Å². The zero-order chi connectivity index (χ0) is 12.6. The van der Waals surface area contributed by atoms with Crippen molar-refractivity contribution in [2.75, 3.05) is 7.11 Å². The van der Waals surface area contributed by atoms with Crippen LogP contribution in [0.15, 0.2) is 24.3 Å². The summed E-state index contributed by atoms with van der Waals surface area (Å²) in [4.78, 5) is 11.1. The maximum Gasteiger partial charge on any atom is 0.307 e. The van der Waals surface area contributed by atoms with E-state index in [0.29, 0.717) is 6.61 Å². The first-order valence-electron chi connectivity index (χ1n) is 5.79. The van der Waals surface area contributed by atoms with Gasteiger partial charge in [-0.15, -0.1) is 0 Å². The third kappa shape index (κ3) is 2.07. The molecule has 1 aromatic carbocycles. The molecule has 17 heavy (non-hydrogen) atoms. The highest BCUT2D eigenvalue weighted by Crippen LogP contribution is 2.64. The molecule has 3 heteroatoms. The SMILES string of the molecule is COCc1ccc([C@H]2[C@H](C(=O)O)C2(C)C)cc1. The van der Waals surface area contributed by atoms with E-state index in [1.165, 1.54) is 0 Å². The molecule has 0 saturated heterocycles. The minimum absolute atomic E-state index is 0.130. The smallest absolute Gasteiger partial charge is 0.307 e. The molecule has 0 aliphatic heterocycles. The molecule has 0 amide bonds. The zero-order valence-corrected chi connectivity index (χ0v) is 10.4. The monoisotopic (exact) mass is 234 g/mol. The van der Waals surface area contributed by atoms with Crippen LogP contribution in [0, 0.1) is 11.3 Å². The minimum Gasteiger partial charge on any atom is -0.481 e. The molecule has 1 aliphatic rings. The lowest BCUT2D eigenvalue weighted by Crippen LogP contribution is -2.03. The molecule has 0 heterocycles. The molecule has 2 rings (SSSR count). The molecule has 0 bridgehead atoms. The van der Waals surface area contributed by atoms with Crippen molar-refractivity contribution in [3.8, 4) is 0 Å². The number of carboxylic acids is 1. The van der Waals surface area contributed by atoms with Gasteiger partial charge in [0.2, 0.25) is 0 Å². The summed E-state index contributed by atoms with van der Waals surface area (Å²) < 4.78 is 5.05. The lowest BCUT2D eigenvalue weighted by Gasteiger charge is -2.04. The highest BCUT2D eigenvalue weighted by Gasteiger charge is 2.62. The van der Waals surface area contributed by atoms with Crippen molar-refractivity contribution < 1.29 is 14.6 Å². The summed E-state index contributed by atoms with van der Waals surface area (Å²) >= 11 is 0. The van der Waals surface area contributed by atoms with Gasteiger partial charge in [0.1, 0.15) is 0 Å². The molecule has 1 fully saturated rings. The Morgan fingerprint density at radius 1 is 1.35 bits per heavy atom. The fourth-order valence-corrected chi connectivity index (χ4v) is 2.71. The second kappa shape index (κ2) is 4.15. The number of rotatable bonds is 4. The van der Waals surface area contributed by atoms with Crippen LogP contribution in [0.3, 0.4) is 0 Å². The van der Waals surface area contributed by atoms with Gasteiger partial charge in [0, 0.05) is 13.0 Å². The van der Waals surface area contributed by atoms with Crippen molar-refractivity contribution in [2.24, 2.45) is 11.3 Å². The van der Waals surface area contributed by atoms with Crippen LogP contribution >= 0.6 is 0 Å². The first-order chi connectivity index (χ1) is 7.98. The van der Waals surface area contributed by atoms with E-state index in [1.807, 2.05) is 38.1 Å². The summed E-state index contributed by atoms with van der Waals surface area (Å²) in [5, 5.41) is 9.14. The molecular weight excluding hydrogens is 216 g/mol. The van der Waals surface area contributed by atoms with E-state index >= 15 is 0 Å². The van der Waals surface area contributed by atoms with Crippen LogP contribution in [0.1, 0.15) is 30.9 Å². The molecule has 3 nitrogen and oxygen atoms in total. The number of ether oxygens (including phenoxy) is 1. The maximum absolute atomic E-state index is 11.1. The van der Waals surface area contributed by atoms with Crippen LogP contribution in [0.25, 0.3) is 0 Å².